The quantitative estimate of drug-likeness (QED) is 0.153. The molecule has 0 saturated heterocycles. The predicted molar refractivity (Wildman–Crippen MR) is 250 cm³/mol. The zero-order valence-corrected chi connectivity index (χ0v) is 32.8. The molecule has 1 aliphatic rings. The van der Waals surface area contributed by atoms with E-state index in [-0.39, 0.29) is 0 Å². The standard InChI is InChI=1S/C54H32N2S2/c1-2-12-37(13-3-1)56-47-19-7-4-14-43(47)44-33-32-40(34-48(44)56)55(38-28-24-35(25-29-38)41-17-10-22-51-53(41)45-15-5-8-20-49(45)57-51)39-30-26-36(27-31-39)42-18-11-23-52-54(42)46-16-6-9-21-50(46)58-52/h1-26,28-30,32-34H. The van der Waals surface area contributed by atoms with Gasteiger partial charge in [0.15, 0.2) is 0 Å². The van der Waals surface area contributed by atoms with Gasteiger partial charge in [-0.3, -0.25) is 0 Å². The zero-order chi connectivity index (χ0) is 38.2. The van der Waals surface area contributed by atoms with Gasteiger partial charge in [-0.1, -0.05) is 121 Å². The normalized spacial score (nSPS) is 12.7. The van der Waals surface area contributed by atoms with Gasteiger partial charge in [0.1, 0.15) is 0 Å². The fourth-order valence-corrected chi connectivity index (χ4v) is 11.1. The lowest BCUT2D eigenvalue weighted by molar-refractivity contribution is 1.17. The van der Waals surface area contributed by atoms with Gasteiger partial charge in [-0.2, -0.15) is 0 Å². The van der Waals surface area contributed by atoms with Crippen molar-refractivity contribution in [2.45, 2.75) is 0 Å². The Kier molecular flexibility index (Phi) is 7.53. The number of para-hydroxylation sites is 2. The van der Waals surface area contributed by atoms with E-state index in [9.17, 15) is 0 Å². The molecule has 12 rings (SSSR count). The van der Waals surface area contributed by atoms with Gasteiger partial charge in [-0.25, -0.2) is 0 Å². The highest BCUT2D eigenvalue weighted by atomic mass is 32.1. The third-order valence-corrected chi connectivity index (χ3v) is 13.7. The Hall–Kier alpha value is -7.16. The van der Waals surface area contributed by atoms with Gasteiger partial charge >= 0.3 is 0 Å². The van der Waals surface area contributed by atoms with Crippen molar-refractivity contribution in [1.82, 2.24) is 4.57 Å². The molecule has 1 aliphatic carbocycles. The second-order valence-electron chi connectivity index (χ2n) is 14.7. The topological polar surface area (TPSA) is 8.17 Å². The average Bonchev–Trinajstić information content (AvgIpc) is 3.97. The highest BCUT2D eigenvalue weighted by Gasteiger charge is 2.20. The summed E-state index contributed by atoms with van der Waals surface area (Å²) < 4.78 is 7.59. The summed E-state index contributed by atoms with van der Waals surface area (Å²) in [6.07, 6.45) is 4.40. The molecule has 0 aliphatic heterocycles. The molecule has 3 aromatic heterocycles. The van der Waals surface area contributed by atoms with Crippen LogP contribution in [-0.4, -0.2) is 4.57 Å². The molecule has 58 heavy (non-hydrogen) atoms. The maximum atomic E-state index is 3.64. The van der Waals surface area contributed by atoms with Crippen molar-refractivity contribution < 1.29 is 0 Å². The van der Waals surface area contributed by atoms with E-state index in [0.717, 1.165) is 33.8 Å². The third-order valence-electron chi connectivity index (χ3n) is 11.4. The number of allylic oxidation sites excluding steroid dienone is 3. The van der Waals surface area contributed by atoms with Crippen LogP contribution in [0, 0.1) is 0 Å². The van der Waals surface area contributed by atoms with E-state index in [4.69, 9.17) is 0 Å². The molecule has 0 spiro atoms. The van der Waals surface area contributed by atoms with Crippen molar-refractivity contribution in [3.63, 3.8) is 0 Å². The number of fused-ring (bicyclic) bond motifs is 9. The minimum atomic E-state index is 0.923. The molecule has 3 heterocycles. The van der Waals surface area contributed by atoms with Gasteiger partial charge in [0.05, 0.1) is 16.7 Å². The summed E-state index contributed by atoms with van der Waals surface area (Å²) in [4.78, 5) is 2.32. The Balaban J connectivity index is 1.06. The van der Waals surface area contributed by atoms with E-state index in [1.807, 2.05) is 22.7 Å². The number of hydrogen-bond acceptors (Lipinski definition) is 3. The molecule has 0 unspecified atom stereocenters. The van der Waals surface area contributed by atoms with Crippen molar-refractivity contribution in [2.24, 2.45) is 0 Å². The highest BCUT2D eigenvalue weighted by molar-refractivity contribution is 7.26. The molecular formula is C54H32N2S2. The summed E-state index contributed by atoms with van der Waals surface area (Å²) in [7, 11) is 0. The molecular weight excluding hydrogens is 741 g/mol. The average molecular weight is 773 g/mol. The largest absolute Gasteiger partial charge is 0.309 e. The van der Waals surface area contributed by atoms with Crippen LogP contribution in [0.2, 0.25) is 0 Å². The predicted octanol–water partition coefficient (Wildman–Crippen LogP) is 15.6. The fraction of sp³-hybridized carbons (Fsp3) is 0. The van der Waals surface area contributed by atoms with Crippen LogP contribution in [0.1, 0.15) is 5.56 Å². The van der Waals surface area contributed by atoms with Crippen molar-refractivity contribution in [3.05, 3.63) is 217 Å². The first-order chi connectivity index (χ1) is 28.8. The number of nitrogens with zero attached hydrogens (tertiary/aromatic N) is 2. The number of rotatable bonds is 6. The summed E-state index contributed by atoms with van der Waals surface area (Å²) >= 11 is 3.70. The first-order valence-electron chi connectivity index (χ1n) is 19.5. The smallest absolute Gasteiger partial charge is 0.0974 e. The summed E-state index contributed by atoms with van der Waals surface area (Å²) in [5, 5.41) is 7.64. The monoisotopic (exact) mass is 772 g/mol. The summed E-state index contributed by atoms with van der Waals surface area (Å²) in [6.45, 7) is 0. The van der Waals surface area contributed by atoms with Crippen molar-refractivity contribution in [2.75, 3.05) is 4.90 Å². The summed E-state index contributed by atoms with van der Waals surface area (Å²) in [5.74, 6) is 0. The molecule has 0 radical (unpaired) electrons. The molecule has 0 saturated carbocycles. The van der Waals surface area contributed by atoms with Crippen molar-refractivity contribution in [3.8, 4) is 16.8 Å². The molecule has 2 nitrogen and oxygen atoms in total. The third kappa shape index (κ3) is 5.18. The van der Waals surface area contributed by atoms with Gasteiger partial charge in [0, 0.05) is 73.8 Å². The number of anilines is 2. The molecule has 0 atom stereocenters. The fourth-order valence-electron chi connectivity index (χ4n) is 8.85. The van der Waals surface area contributed by atoms with Crippen LogP contribution in [0.3, 0.4) is 0 Å². The van der Waals surface area contributed by atoms with Gasteiger partial charge in [0.2, 0.25) is 0 Å². The van der Waals surface area contributed by atoms with E-state index in [1.54, 1.807) is 0 Å². The molecule has 0 amide bonds. The number of hydrogen-bond donors (Lipinski definition) is 0. The van der Waals surface area contributed by atoms with Gasteiger partial charge in [-0.05, 0) is 101 Å². The molecule has 4 heteroatoms. The summed E-state index contributed by atoms with van der Waals surface area (Å²) in [6, 6.07) is 65.9. The Morgan fingerprint density at radius 3 is 1.71 bits per heavy atom. The Morgan fingerprint density at radius 2 is 1.00 bits per heavy atom. The second kappa shape index (κ2) is 13.2. The molecule has 0 bridgehead atoms. The Bertz CT molecular complexity index is 3580. The van der Waals surface area contributed by atoms with Crippen LogP contribution >= 0.6 is 22.7 Å². The van der Waals surface area contributed by atoms with Crippen molar-refractivity contribution in [1.29, 1.82) is 0 Å². The van der Waals surface area contributed by atoms with E-state index < -0.39 is 0 Å². The molecule has 0 fully saturated rings. The van der Waals surface area contributed by atoms with E-state index in [2.05, 4.69) is 215 Å². The molecule has 8 aromatic carbocycles. The van der Waals surface area contributed by atoms with Gasteiger partial charge < -0.3 is 9.47 Å². The summed E-state index contributed by atoms with van der Waals surface area (Å²) in [5.41, 5.74) is 18.4. The van der Waals surface area contributed by atoms with E-state index in [1.165, 1.54) is 73.3 Å². The Labute approximate surface area is 343 Å². The first kappa shape index (κ1) is 33.0. The maximum absolute atomic E-state index is 3.64. The Morgan fingerprint density at radius 1 is 0.414 bits per heavy atom. The highest BCUT2D eigenvalue weighted by Crippen LogP contribution is 2.43. The maximum Gasteiger partial charge on any atom is 0.0974 e. The van der Waals surface area contributed by atoms with Crippen molar-refractivity contribution >= 4 is 102 Å². The van der Waals surface area contributed by atoms with E-state index in [0.29, 0.717) is 0 Å². The van der Waals surface area contributed by atoms with Crippen LogP contribution in [0.5, 0.6) is 0 Å². The van der Waals surface area contributed by atoms with Gasteiger partial charge in [0.25, 0.3) is 0 Å². The SMILES string of the molecule is C1=C=C(N(c2ccc(-c3cccc4sc5ccccc5c34)cc2)c2ccc3c4ccccc4n(-c4ccccc4)c3c2)C=CC=1c1cccc2sc3ccccc3c12. The minimum absolute atomic E-state index is 0.923. The van der Waals surface area contributed by atoms with E-state index >= 15 is 0 Å². The molecule has 11 aromatic rings. The number of benzene rings is 8. The lowest BCUT2D eigenvalue weighted by atomic mass is 9.98. The van der Waals surface area contributed by atoms with Crippen LogP contribution in [0.25, 0.3) is 84.5 Å². The molecule has 270 valence electrons. The zero-order valence-electron chi connectivity index (χ0n) is 31.2. The minimum Gasteiger partial charge on any atom is -0.309 e. The van der Waals surface area contributed by atoms with Crippen LogP contribution in [0.4, 0.5) is 11.4 Å². The van der Waals surface area contributed by atoms with Gasteiger partial charge in [-0.15, -0.1) is 22.7 Å². The first-order valence-corrected chi connectivity index (χ1v) is 21.1. The van der Waals surface area contributed by atoms with Crippen LogP contribution < -0.4 is 4.90 Å². The molecule has 0 N–H and O–H groups in total. The lowest BCUT2D eigenvalue weighted by Crippen LogP contribution is -2.15. The van der Waals surface area contributed by atoms with Crippen LogP contribution in [0.15, 0.2) is 211 Å². The number of thiophene rings is 2. The number of aromatic nitrogens is 1. The van der Waals surface area contributed by atoms with Crippen LogP contribution in [-0.2, 0) is 0 Å². The lowest BCUT2D eigenvalue weighted by Gasteiger charge is -2.26. The second-order valence-corrected chi connectivity index (χ2v) is 16.9.